The highest BCUT2D eigenvalue weighted by Gasteiger charge is 2.47. The summed E-state index contributed by atoms with van der Waals surface area (Å²) in [5, 5.41) is 8.41. The molecule has 0 spiro atoms. The van der Waals surface area contributed by atoms with E-state index in [1.54, 1.807) is 6.92 Å². The molecule has 0 aromatic rings. The van der Waals surface area contributed by atoms with Gasteiger partial charge in [0, 0.05) is 6.04 Å². The van der Waals surface area contributed by atoms with E-state index in [2.05, 4.69) is 4.72 Å². The summed E-state index contributed by atoms with van der Waals surface area (Å²) in [6.07, 6.45) is 2.46. The van der Waals surface area contributed by atoms with Crippen molar-refractivity contribution in [2.45, 2.75) is 50.3 Å². The van der Waals surface area contributed by atoms with Crippen LogP contribution in [0.2, 0.25) is 0 Å². The van der Waals surface area contributed by atoms with E-state index >= 15 is 0 Å². The Hall–Kier alpha value is -0.670. The van der Waals surface area contributed by atoms with Crippen LogP contribution in [0.5, 0.6) is 0 Å². The molecular formula is C12H21NO6S2. The van der Waals surface area contributed by atoms with Crippen LogP contribution in [-0.4, -0.2) is 50.7 Å². The molecule has 1 aliphatic heterocycles. The second kappa shape index (κ2) is 5.51. The van der Waals surface area contributed by atoms with E-state index in [-0.39, 0.29) is 17.9 Å². The van der Waals surface area contributed by atoms with E-state index in [1.165, 1.54) is 0 Å². The zero-order valence-corrected chi connectivity index (χ0v) is 13.5. The lowest BCUT2D eigenvalue weighted by Gasteiger charge is -2.38. The Morgan fingerprint density at radius 1 is 1.29 bits per heavy atom. The van der Waals surface area contributed by atoms with Crippen molar-refractivity contribution < 1.29 is 26.7 Å². The van der Waals surface area contributed by atoms with E-state index in [0.29, 0.717) is 12.8 Å². The number of sulfonamides is 1. The molecule has 1 aliphatic carbocycles. The van der Waals surface area contributed by atoms with Gasteiger partial charge in [-0.2, -0.15) is 0 Å². The summed E-state index contributed by atoms with van der Waals surface area (Å²) in [5.74, 6) is -1.52. The summed E-state index contributed by atoms with van der Waals surface area (Å²) in [6.45, 7) is 1.55. The van der Waals surface area contributed by atoms with Crippen molar-refractivity contribution in [2.75, 3.05) is 11.5 Å². The molecule has 0 bridgehead atoms. The van der Waals surface area contributed by atoms with E-state index in [4.69, 9.17) is 0 Å². The van der Waals surface area contributed by atoms with Crippen LogP contribution in [0.3, 0.4) is 0 Å². The SMILES string of the molecule is CC1(C(=O)O)CCCCC1NS(=O)(=O)C1CCS(=O)(=O)C1. The average Bonchev–Trinajstić information content (AvgIpc) is 2.73. The average molecular weight is 339 g/mol. The number of rotatable bonds is 4. The molecule has 0 aromatic heterocycles. The Labute approximate surface area is 125 Å². The zero-order chi connectivity index (χ0) is 15.9. The maximum atomic E-state index is 12.3. The van der Waals surface area contributed by atoms with Crippen LogP contribution >= 0.6 is 0 Å². The molecule has 1 saturated carbocycles. The van der Waals surface area contributed by atoms with Crippen molar-refractivity contribution in [1.29, 1.82) is 0 Å². The Bertz CT molecular complexity index is 626. The highest BCUT2D eigenvalue weighted by Crippen LogP contribution is 2.37. The van der Waals surface area contributed by atoms with Gasteiger partial charge >= 0.3 is 5.97 Å². The maximum absolute atomic E-state index is 12.3. The van der Waals surface area contributed by atoms with Crippen LogP contribution in [0.4, 0.5) is 0 Å². The second-order valence-corrected chi connectivity index (χ2v) is 10.4. The van der Waals surface area contributed by atoms with Crippen LogP contribution in [-0.2, 0) is 24.7 Å². The summed E-state index contributed by atoms with van der Waals surface area (Å²) in [6, 6.07) is -0.683. The molecule has 9 heteroatoms. The van der Waals surface area contributed by atoms with Crippen LogP contribution < -0.4 is 4.72 Å². The summed E-state index contributed by atoms with van der Waals surface area (Å²) in [4.78, 5) is 11.5. The number of aliphatic carboxylic acids is 1. The third-order valence-electron chi connectivity index (χ3n) is 4.63. The normalized spacial score (nSPS) is 36.4. The monoisotopic (exact) mass is 339 g/mol. The van der Waals surface area contributed by atoms with Gasteiger partial charge in [0.05, 0.1) is 22.2 Å². The number of carboxylic acids is 1. The van der Waals surface area contributed by atoms with Gasteiger partial charge in [-0.3, -0.25) is 4.79 Å². The molecule has 1 saturated heterocycles. The van der Waals surface area contributed by atoms with Crippen molar-refractivity contribution in [3.8, 4) is 0 Å². The minimum absolute atomic E-state index is 0.0776. The Balaban J connectivity index is 2.17. The van der Waals surface area contributed by atoms with Gasteiger partial charge in [0.1, 0.15) is 0 Å². The number of hydrogen-bond donors (Lipinski definition) is 2. The largest absolute Gasteiger partial charge is 0.481 e. The predicted octanol–water partition coefficient (Wildman–Crippen LogP) is 0.126. The Morgan fingerprint density at radius 3 is 2.48 bits per heavy atom. The number of carboxylic acid groups (broad SMARTS) is 1. The lowest BCUT2D eigenvalue weighted by atomic mass is 9.72. The summed E-state index contributed by atoms with van der Waals surface area (Å²) in [5.41, 5.74) is -1.14. The molecule has 2 fully saturated rings. The highest BCUT2D eigenvalue weighted by atomic mass is 32.2. The van der Waals surface area contributed by atoms with Crippen molar-refractivity contribution in [1.82, 2.24) is 4.72 Å². The minimum Gasteiger partial charge on any atom is -0.481 e. The third-order valence-corrected chi connectivity index (χ3v) is 8.50. The molecule has 1 heterocycles. The first kappa shape index (κ1) is 16.7. The molecule has 2 aliphatic rings. The lowest BCUT2D eigenvalue weighted by Crippen LogP contribution is -2.54. The molecule has 7 nitrogen and oxygen atoms in total. The van der Waals surface area contributed by atoms with Crippen molar-refractivity contribution in [3.05, 3.63) is 0 Å². The Kier molecular flexibility index (Phi) is 4.38. The van der Waals surface area contributed by atoms with Gasteiger partial charge in [-0.1, -0.05) is 12.8 Å². The first-order valence-electron chi connectivity index (χ1n) is 7.02. The smallest absolute Gasteiger partial charge is 0.310 e. The lowest BCUT2D eigenvalue weighted by molar-refractivity contribution is -0.151. The van der Waals surface area contributed by atoms with Gasteiger partial charge in [-0.05, 0) is 26.2 Å². The van der Waals surface area contributed by atoms with Gasteiger partial charge in [0.15, 0.2) is 9.84 Å². The van der Waals surface area contributed by atoms with Crippen molar-refractivity contribution in [2.24, 2.45) is 5.41 Å². The molecule has 122 valence electrons. The molecule has 3 unspecified atom stereocenters. The number of nitrogens with one attached hydrogen (secondary N) is 1. The summed E-state index contributed by atoms with van der Waals surface area (Å²) < 4.78 is 50.0. The maximum Gasteiger partial charge on any atom is 0.310 e. The van der Waals surface area contributed by atoms with Crippen molar-refractivity contribution in [3.63, 3.8) is 0 Å². The summed E-state index contributed by atoms with van der Waals surface area (Å²) >= 11 is 0. The van der Waals surface area contributed by atoms with Gasteiger partial charge in [-0.25, -0.2) is 21.6 Å². The molecule has 3 atom stereocenters. The standard InChI is InChI=1S/C12H21NO6S2/c1-12(11(14)15)6-3-2-4-10(12)13-21(18,19)9-5-7-20(16,17)8-9/h9-10,13H,2-8H2,1H3,(H,14,15). The first-order valence-corrected chi connectivity index (χ1v) is 10.4. The molecule has 2 N–H and O–H groups in total. The van der Waals surface area contributed by atoms with E-state index in [1.807, 2.05) is 0 Å². The third kappa shape index (κ3) is 3.40. The minimum atomic E-state index is -3.83. The Morgan fingerprint density at radius 2 is 1.95 bits per heavy atom. The van der Waals surface area contributed by atoms with Gasteiger partial charge < -0.3 is 5.11 Å². The molecule has 2 rings (SSSR count). The summed E-state index contributed by atoms with van der Waals surface area (Å²) in [7, 11) is -7.13. The van der Waals surface area contributed by atoms with E-state index in [9.17, 15) is 26.7 Å². The van der Waals surface area contributed by atoms with Crippen LogP contribution in [0.15, 0.2) is 0 Å². The topological polar surface area (TPSA) is 118 Å². The molecule has 0 aromatic carbocycles. The second-order valence-electron chi connectivity index (χ2n) is 6.21. The number of hydrogen-bond acceptors (Lipinski definition) is 5. The molecular weight excluding hydrogens is 318 g/mol. The van der Waals surface area contributed by atoms with E-state index < -0.39 is 42.5 Å². The molecule has 21 heavy (non-hydrogen) atoms. The fourth-order valence-electron chi connectivity index (χ4n) is 3.08. The fraction of sp³-hybridized carbons (Fsp3) is 0.917. The number of sulfone groups is 1. The quantitative estimate of drug-likeness (QED) is 0.751. The molecule has 0 radical (unpaired) electrons. The van der Waals surface area contributed by atoms with Gasteiger partial charge in [0.2, 0.25) is 10.0 Å². The van der Waals surface area contributed by atoms with Crippen molar-refractivity contribution >= 4 is 25.8 Å². The predicted molar refractivity (Wildman–Crippen MR) is 77.1 cm³/mol. The van der Waals surface area contributed by atoms with Gasteiger partial charge in [-0.15, -0.1) is 0 Å². The number of carbonyl (C=O) groups is 1. The van der Waals surface area contributed by atoms with Gasteiger partial charge in [0.25, 0.3) is 0 Å². The highest BCUT2D eigenvalue weighted by molar-refractivity contribution is 7.95. The first-order chi connectivity index (χ1) is 9.57. The fourth-order valence-corrected chi connectivity index (χ4v) is 7.50. The zero-order valence-electron chi connectivity index (χ0n) is 11.9. The van der Waals surface area contributed by atoms with Crippen LogP contribution in [0.1, 0.15) is 39.0 Å². The molecule has 0 amide bonds. The van der Waals surface area contributed by atoms with Crippen LogP contribution in [0, 0.1) is 5.41 Å². The van der Waals surface area contributed by atoms with E-state index in [0.717, 1.165) is 12.8 Å². The van der Waals surface area contributed by atoms with Crippen LogP contribution in [0.25, 0.3) is 0 Å².